The van der Waals surface area contributed by atoms with Crippen LogP contribution in [0.3, 0.4) is 0 Å². The summed E-state index contributed by atoms with van der Waals surface area (Å²) in [5.41, 5.74) is 0.618. The Hall–Kier alpha value is -1.04. The molecule has 3 nitrogen and oxygen atoms in total. The molecule has 1 aromatic carbocycles. The van der Waals surface area contributed by atoms with Gasteiger partial charge in [0.1, 0.15) is 11.6 Å². The van der Waals surface area contributed by atoms with E-state index in [1.165, 1.54) is 12.1 Å². The van der Waals surface area contributed by atoms with Crippen LogP contribution < -0.4 is 5.32 Å². The summed E-state index contributed by atoms with van der Waals surface area (Å²) in [7, 11) is 3.67. The van der Waals surface area contributed by atoms with Crippen molar-refractivity contribution >= 4 is 0 Å². The number of hydrogen-bond acceptors (Lipinski definition) is 3. The summed E-state index contributed by atoms with van der Waals surface area (Å²) < 4.78 is 30.8. The van der Waals surface area contributed by atoms with Crippen molar-refractivity contribution in [2.75, 3.05) is 40.4 Å². The highest BCUT2D eigenvalue weighted by Gasteiger charge is 2.01. The molecule has 0 saturated heterocycles. The lowest BCUT2D eigenvalue weighted by Crippen LogP contribution is -2.31. The molecule has 1 N–H and O–H groups in total. The number of halogens is 2. The number of rotatable bonds is 8. The Balaban J connectivity index is 2.21. The second kappa shape index (κ2) is 8.13. The van der Waals surface area contributed by atoms with Crippen LogP contribution in [-0.2, 0) is 11.3 Å². The highest BCUT2D eigenvalue weighted by Crippen LogP contribution is 2.07. The van der Waals surface area contributed by atoms with Crippen molar-refractivity contribution in [3.05, 3.63) is 35.4 Å². The fraction of sp³-hybridized carbons (Fsp3) is 0.538. The highest BCUT2D eigenvalue weighted by molar-refractivity contribution is 5.17. The first-order valence-electron chi connectivity index (χ1n) is 5.95. The molecule has 0 aliphatic carbocycles. The summed E-state index contributed by atoms with van der Waals surface area (Å²) >= 11 is 0. The second-order valence-electron chi connectivity index (χ2n) is 4.25. The summed E-state index contributed by atoms with van der Waals surface area (Å²) in [5, 5.41) is 3.15. The Morgan fingerprint density at radius 3 is 2.44 bits per heavy atom. The number of likely N-dealkylation sites (N-methyl/N-ethyl adjacent to an activating group) is 1. The predicted molar refractivity (Wildman–Crippen MR) is 67.4 cm³/mol. The van der Waals surface area contributed by atoms with E-state index in [2.05, 4.69) is 10.2 Å². The largest absolute Gasteiger partial charge is 0.383 e. The van der Waals surface area contributed by atoms with Crippen LogP contribution in [0.5, 0.6) is 0 Å². The lowest BCUT2D eigenvalue weighted by Gasteiger charge is -2.16. The van der Waals surface area contributed by atoms with Crippen molar-refractivity contribution in [2.24, 2.45) is 0 Å². The molecule has 0 saturated carbocycles. The van der Waals surface area contributed by atoms with Crippen molar-refractivity contribution in [3.63, 3.8) is 0 Å². The van der Waals surface area contributed by atoms with Gasteiger partial charge in [-0.3, -0.25) is 0 Å². The normalized spacial score (nSPS) is 11.2. The lowest BCUT2D eigenvalue weighted by atomic mass is 10.2. The number of nitrogens with zero attached hydrogens (tertiary/aromatic N) is 1. The number of nitrogens with one attached hydrogen (secondary N) is 1. The van der Waals surface area contributed by atoms with Gasteiger partial charge in [-0.2, -0.15) is 0 Å². The molecule has 0 spiro atoms. The quantitative estimate of drug-likeness (QED) is 0.717. The monoisotopic (exact) mass is 258 g/mol. The Kier molecular flexibility index (Phi) is 6.78. The standard InChI is InChI=1S/C13H20F2N2O/c1-17(5-6-18-2)4-3-16-10-11-7-12(14)9-13(15)8-11/h7-9,16H,3-6,10H2,1-2H3. The second-order valence-corrected chi connectivity index (χ2v) is 4.25. The average molecular weight is 258 g/mol. The van der Waals surface area contributed by atoms with Crippen molar-refractivity contribution in [1.82, 2.24) is 10.2 Å². The number of benzene rings is 1. The van der Waals surface area contributed by atoms with Crippen LogP contribution in [0.15, 0.2) is 18.2 Å². The fourth-order valence-electron chi connectivity index (χ4n) is 1.57. The molecule has 0 fully saturated rings. The van der Waals surface area contributed by atoms with Gasteiger partial charge >= 0.3 is 0 Å². The first-order chi connectivity index (χ1) is 8.61. The first-order valence-corrected chi connectivity index (χ1v) is 5.95. The van der Waals surface area contributed by atoms with Crippen LogP contribution >= 0.6 is 0 Å². The van der Waals surface area contributed by atoms with E-state index in [1.807, 2.05) is 7.05 Å². The van der Waals surface area contributed by atoms with Gasteiger partial charge in [-0.05, 0) is 24.7 Å². The molecule has 0 heterocycles. The van der Waals surface area contributed by atoms with E-state index in [9.17, 15) is 8.78 Å². The van der Waals surface area contributed by atoms with E-state index < -0.39 is 11.6 Å². The van der Waals surface area contributed by atoms with Crippen LogP contribution in [0.25, 0.3) is 0 Å². The van der Waals surface area contributed by atoms with Gasteiger partial charge in [-0.15, -0.1) is 0 Å². The van der Waals surface area contributed by atoms with Crippen molar-refractivity contribution in [1.29, 1.82) is 0 Å². The van der Waals surface area contributed by atoms with Gasteiger partial charge in [0.2, 0.25) is 0 Å². The zero-order valence-electron chi connectivity index (χ0n) is 10.9. The van der Waals surface area contributed by atoms with E-state index in [4.69, 9.17) is 4.74 Å². The molecule has 18 heavy (non-hydrogen) atoms. The van der Waals surface area contributed by atoms with Crippen molar-refractivity contribution < 1.29 is 13.5 Å². The van der Waals surface area contributed by atoms with Gasteiger partial charge in [-0.1, -0.05) is 0 Å². The zero-order valence-corrected chi connectivity index (χ0v) is 10.9. The summed E-state index contributed by atoms with van der Waals surface area (Å²) in [6, 6.07) is 3.55. The number of methoxy groups -OCH3 is 1. The van der Waals surface area contributed by atoms with Gasteiger partial charge in [0.25, 0.3) is 0 Å². The summed E-state index contributed by atoms with van der Waals surface area (Å²) in [6.45, 7) is 3.66. The summed E-state index contributed by atoms with van der Waals surface area (Å²) in [6.07, 6.45) is 0. The van der Waals surface area contributed by atoms with Crippen molar-refractivity contribution in [2.45, 2.75) is 6.54 Å². The molecule has 0 unspecified atom stereocenters. The maximum absolute atomic E-state index is 12.9. The minimum absolute atomic E-state index is 0.465. The van der Waals surface area contributed by atoms with E-state index in [1.54, 1.807) is 7.11 Å². The van der Waals surface area contributed by atoms with Crippen LogP contribution in [0, 0.1) is 11.6 Å². The molecule has 0 atom stereocenters. The molecular formula is C13H20F2N2O. The van der Waals surface area contributed by atoms with Crippen LogP contribution in [0.2, 0.25) is 0 Å². The molecule has 0 aromatic heterocycles. The smallest absolute Gasteiger partial charge is 0.126 e. The SMILES string of the molecule is COCCN(C)CCNCc1cc(F)cc(F)c1. The Morgan fingerprint density at radius 2 is 1.83 bits per heavy atom. The minimum Gasteiger partial charge on any atom is -0.383 e. The Morgan fingerprint density at radius 1 is 1.17 bits per heavy atom. The molecule has 1 rings (SSSR count). The molecule has 0 aliphatic heterocycles. The van der Waals surface area contributed by atoms with E-state index >= 15 is 0 Å². The Bertz CT molecular complexity index is 341. The van der Waals surface area contributed by atoms with Crippen LogP contribution in [0.1, 0.15) is 5.56 Å². The maximum Gasteiger partial charge on any atom is 0.126 e. The van der Waals surface area contributed by atoms with Gasteiger partial charge in [0.05, 0.1) is 6.61 Å². The molecule has 0 radical (unpaired) electrons. The van der Waals surface area contributed by atoms with Gasteiger partial charge < -0.3 is 15.0 Å². The summed E-state index contributed by atoms with van der Waals surface area (Å²) in [5.74, 6) is -1.08. The fourth-order valence-corrected chi connectivity index (χ4v) is 1.57. The molecular weight excluding hydrogens is 238 g/mol. The summed E-state index contributed by atoms with van der Waals surface area (Å²) in [4.78, 5) is 2.13. The molecule has 0 amide bonds. The van der Waals surface area contributed by atoms with E-state index in [-0.39, 0.29) is 0 Å². The third kappa shape index (κ3) is 6.05. The average Bonchev–Trinajstić information content (AvgIpc) is 2.31. The lowest BCUT2D eigenvalue weighted by molar-refractivity contribution is 0.161. The van der Waals surface area contributed by atoms with Gasteiger partial charge in [0, 0.05) is 39.4 Å². The van der Waals surface area contributed by atoms with E-state index in [0.29, 0.717) is 18.7 Å². The molecule has 0 bridgehead atoms. The van der Waals surface area contributed by atoms with Crippen LogP contribution in [0.4, 0.5) is 8.78 Å². The topological polar surface area (TPSA) is 24.5 Å². The molecule has 1 aromatic rings. The van der Waals surface area contributed by atoms with Gasteiger partial charge in [0.15, 0.2) is 0 Å². The minimum atomic E-state index is -0.538. The molecule has 102 valence electrons. The van der Waals surface area contributed by atoms with Gasteiger partial charge in [-0.25, -0.2) is 8.78 Å². The third-order valence-electron chi connectivity index (χ3n) is 2.60. The predicted octanol–water partition coefficient (Wildman–Crippen LogP) is 1.63. The first kappa shape index (κ1) is 15.0. The number of hydrogen-bond donors (Lipinski definition) is 1. The Labute approximate surface area is 107 Å². The van der Waals surface area contributed by atoms with E-state index in [0.717, 1.165) is 25.7 Å². The number of ether oxygens (including phenoxy) is 1. The maximum atomic E-state index is 12.9. The molecule has 0 aliphatic rings. The van der Waals surface area contributed by atoms with Crippen LogP contribution in [-0.4, -0.2) is 45.3 Å². The zero-order chi connectivity index (χ0) is 13.4. The third-order valence-corrected chi connectivity index (χ3v) is 2.60. The van der Waals surface area contributed by atoms with Crippen molar-refractivity contribution in [3.8, 4) is 0 Å². The highest BCUT2D eigenvalue weighted by atomic mass is 19.1. The molecule has 5 heteroatoms.